The number of hydrogen-bond donors (Lipinski definition) is 0. The first-order valence-electron chi connectivity index (χ1n) is 7.04. The molecule has 0 atom stereocenters. The topological polar surface area (TPSA) is 0 Å². The van der Waals surface area contributed by atoms with E-state index < -0.39 is 0 Å². The highest BCUT2D eigenvalue weighted by molar-refractivity contribution is 5.75. The molecule has 0 radical (unpaired) electrons. The number of benzene rings is 1. The number of hydrogen-bond acceptors (Lipinski definition) is 0. The summed E-state index contributed by atoms with van der Waals surface area (Å²) in [4.78, 5) is 0. The summed E-state index contributed by atoms with van der Waals surface area (Å²) in [5.74, 6) is 0. The number of rotatable bonds is 8. The van der Waals surface area contributed by atoms with Crippen LogP contribution < -0.4 is 0 Å². The van der Waals surface area contributed by atoms with Crippen LogP contribution in [0.4, 0.5) is 0 Å². The molecule has 0 bridgehead atoms. The van der Waals surface area contributed by atoms with Crippen LogP contribution in [-0.2, 0) is 0 Å². The molecular formula is C21H22. The molecule has 21 heavy (non-hydrogen) atoms. The van der Waals surface area contributed by atoms with E-state index in [1.165, 1.54) is 5.56 Å². The van der Waals surface area contributed by atoms with Gasteiger partial charge in [0, 0.05) is 0 Å². The molecule has 0 saturated heterocycles. The molecule has 0 unspecified atom stereocenters. The lowest BCUT2D eigenvalue weighted by atomic mass is 10.1. The van der Waals surface area contributed by atoms with Gasteiger partial charge < -0.3 is 0 Å². The van der Waals surface area contributed by atoms with Crippen LogP contribution in [0.3, 0.4) is 0 Å². The maximum atomic E-state index is 3.77. The summed E-state index contributed by atoms with van der Waals surface area (Å²) >= 11 is 0. The van der Waals surface area contributed by atoms with Gasteiger partial charge in [-0.3, -0.25) is 0 Å². The third-order valence-corrected chi connectivity index (χ3v) is 2.69. The smallest absolute Gasteiger partial charge is 0.0163 e. The minimum atomic E-state index is 0.922. The molecule has 0 amide bonds. The first-order chi connectivity index (χ1) is 10.4. The van der Waals surface area contributed by atoms with Crippen molar-refractivity contribution in [3.8, 4) is 0 Å². The minimum absolute atomic E-state index is 0.922. The normalized spacial score (nSPS) is 12.9. The third kappa shape index (κ3) is 7.54. The highest BCUT2D eigenvalue weighted by Gasteiger charge is 1.93. The van der Waals surface area contributed by atoms with Gasteiger partial charge in [0.05, 0.1) is 0 Å². The van der Waals surface area contributed by atoms with Crippen LogP contribution in [0.5, 0.6) is 0 Å². The fourth-order valence-corrected chi connectivity index (χ4v) is 1.70. The fraction of sp³-hybridized carbons (Fsp3) is 0.0476. The molecule has 106 valence electrons. The van der Waals surface area contributed by atoms with Crippen molar-refractivity contribution in [1.82, 2.24) is 0 Å². The maximum Gasteiger partial charge on any atom is -0.0163 e. The van der Waals surface area contributed by atoms with Crippen LogP contribution in [-0.4, -0.2) is 0 Å². The zero-order valence-electron chi connectivity index (χ0n) is 12.4. The second-order valence-corrected chi connectivity index (χ2v) is 4.30. The Labute approximate surface area is 128 Å². The standard InChI is InChI=1S/C21H22/c1-3-5-6-7-8-9-10-11-13-17-20(16-4-2)21-18-14-12-15-19-21/h3-6,8-19H,1-2,7H2/b6-5-,9-8-,11-10+,17-13-,20-16+. The van der Waals surface area contributed by atoms with Crippen molar-refractivity contribution < 1.29 is 0 Å². The van der Waals surface area contributed by atoms with Crippen LogP contribution in [0.25, 0.3) is 5.57 Å². The molecule has 0 spiro atoms. The Balaban J connectivity index is 2.57. The Bertz CT molecular complexity index is 563. The van der Waals surface area contributed by atoms with Gasteiger partial charge in [-0.15, -0.1) is 0 Å². The lowest BCUT2D eigenvalue weighted by Gasteiger charge is -2.00. The zero-order chi connectivity index (χ0) is 15.2. The predicted molar refractivity (Wildman–Crippen MR) is 96.0 cm³/mol. The summed E-state index contributed by atoms with van der Waals surface area (Å²) in [5.41, 5.74) is 2.33. The lowest BCUT2D eigenvalue weighted by molar-refractivity contribution is 1.39. The van der Waals surface area contributed by atoms with Gasteiger partial charge in [0.15, 0.2) is 0 Å². The molecule has 0 saturated carbocycles. The molecule has 0 fully saturated rings. The van der Waals surface area contributed by atoms with Gasteiger partial charge >= 0.3 is 0 Å². The van der Waals surface area contributed by atoms with Crippen LogP contribution in [0, 0.1) is 0 Å². The first-order valence-corrected chi connectivity index (χ1v) is 7.04. The molecule has 0 aromatic heterocycles. The van der Waals surface area contributed by atoms with Crippen molar-refractivity contribution in [2.45, 2.75) is 6.42 Å². The summed E-state index contributed by atoms with van der Waals surface area (Å²) in [5, 5.41) is 0. The van der Waals surface area contributed by atoms with Crippen molar-refractivity contribution in [2.75, 3.05) is 0 Å². The van der Waals surface area contributed by atoms with Crippen molar-refractivity contribution in [1.29, 1.82) is 0 Å². The summed E-state index contributed by atoms with van der Waals surface area (Å²) in [6, 6.07) is 10.3. The SMILES string of the molecule is C=C/C=C\C\C=C/C=C/C=C\C(=C/C=C)c1ccccc1. The van der Waals surface area contributed by atoms with E-state index in [2.05, 4.69) is 43.5 Å². The van der Waals surface area contributed by atoms with E-state index in [0.717, 1.165) is 12.0 Å². The lowest BCUT2D eigenvalue weighted by Crippen LogP contribution is -1.78. The van der Waals surface area contributed by atoms with Crippen LogP contribution in [0.15, 0.2) is 110 Å². The summed E-state index contributed by atoms with van der Waals surface area (Å²) in [6.07, 6.45) is 22.8. The Hall–Kier alpha value is -2.60. The van der Waals surface area contributed by atoms with Crippen molar-refractivity contribution >= 4 is 5.57 Å². The molecule has 1 aromatic carbocycles. The van der Waals surface area contributed by atoms with E-state index in [4.69, 9.17) is 0 Å². The van der Waals surface area contributed by atoms with E-state index in [-0.39, 0.29) is 0 Å². The second kappa shape index (κ2) is 11.2. The molecule has 1 rings (SSSR count). The largest absolute Gasteiger partial charge is 0.0991 e. The van der Waals surface area contributed by atoms with Gasteiger partial charge in [-0.2, -0.15) is 0 Å². The molecule has 0 aliphatic carbocycles. The molecule has 0 aliphatic heterocycles. The monoisotopic (exact) mass is 274 g/mol. The average Bonchev–Trinajstić information content (AvgIpc) is 2.53. The summed E-state index contributed by atoms with van der Waals surface area (Å²) in [7, 11) is 0. The Morgan fingerprint density at radius 1 is 0.810 bits per heavy atom. The van der Waals surface area contributed by atoms with Crippen molar-refractivity contribution in [3.05, 3.63) is 116 Å². The van der Waals surface area contributed by atoms with Gasteiger partial charge in [0.1, 0.15) is 0 Å². The van der Waals surface area contributed by atoms with Crippen molar-refractivity contribution in [2.24, 2.45) is 0 Å². The fourth-order valence-electron chi connectivity index (χ4n) is 1.70. The molecule has 0 heteroatoms. The summed E-state index contributed by atoms with van der Waals surface area (Å²) in [6.45, 7) is 7.40. The molecule has 0 nitrogen and oxygen atoms in total. The zero-order valence-corrected chi connectivity index (χ0v) is 12.4. The highest BCUT2D eigenvalue weighted by Crippen LogP contribution is 2.15. The third-order valence-electron chi connectivity index (χ3n) is 2.69. The Kier molecular flexibility index (Phi) is 8.81. The van der Waals surface area contributed by atoms with Crippen molar-refractivity contribution in [3.63, 3.8) is 0 Å². The molecule has 0 heterocycles. The molecule has 0 aliphatic rings. The molecule has 1 aromatic rings. The molecular weight excluding hydrogens is 252 g/mol. The Morgan fingerprint density at radius 3 is 2.24 bits per heavy atom. The van der Waals surface area contributed by atoms with Crippen LogP contribution >= 0.6 is 0 Å². The first kappa shape index (κ1) is 16.5. The minimum Gasteiger partial charge on any atom is -0.0991 e. The molecule has 0 N–H and O–H groups in total. The van der Waals surface area contributed by atoms with E-state index in [1.54, 1.807) is 6.08 Å². The quantitative estimate of drug-likeness (QED) is 0.506. The van der Waals surface area contributed by atoms with E-state index >= 15 is 0 Å². The van der Waals surface area contributed by atoms with Gasteiger partial charge in [0.25, 0.3) is 0 Å². The maximum absolute atomic E-state index is 3.77. The number of allylic oxidation sites excluding steroid dienone is 12. The van der Waals surface area contributed by atoms with Gasteiger partial charge in [-0.1, -0.05) is 110 Å². The Morgan fingerprint density at radius 2 is 1.52 bits per heavy atom. The predicted octanol–water partition coefficient (Wildman–Crippen LogP) is 6.06. The average molecular weight is 274 g/mol. The van der Waals surface area contributed by atoms with Crippen LogP contribution in [0.2, 0.25) is 0 Å². The van der Waals surface area contributed by atoms with E-state index in [0.29, 0.717) is 0 Å². The van der Waals surface area contributed by atoms with Gasteiger partial charge in [0.2, 0.25) is 0 Å². The van der Waals surface area contributed by atoms with E-state index in [9.17, 15) is 0 Å². The van der Waals surface area contributed by atoms with E-state index in [1.807, 2.05) is 60.7 Å². The highest BCUT2D eigenvalue weighted by atomic mass is 14.0. The van der Waals surface area contributed by atoms with Gasteiger partial charge in [-0.25, -0.2) is 0 Å². The van der Waals surface area contributed by atoms with Gasteiger partial charge in [-0.05, 0) is 17.6 Å². The second-order valence-electron chi connectivity index (χ2n) is 4.30. The summed E-state index contributed by atoms with van der Waals surface area (Å²) < 4.78 is 0. The van der Waals surface area contributed by atoms with Crippen LogP contribution in [0.1, 0.15) is 12.0 Å².